The summed E-state index contributed by atoms with van der Waals surface area (Å²) in [5, 5.41) is 2.76. The topological polar surface area (TPSA) is 67.9 Å². The maximum atomic E-state index is 12.0. The summed E-state index contributed by atoms with van der Waals surface area (Å²) in [6, 6.07) is 14.9. The molecular weight excluding hydrogens is 320 g/mol. The Kier molecular flexibility index (Phi) is 5.18. The lowest BCUT2D eigenvalue weighted by atomic mass is 10.2. The Hall–Kier alpha value is -3.02. The van der Waals surface area contributed by atoms with Crippen molar-refractivity contribution >= 4 is 17.5 Å². The lowest BCUT2D eigenvalue weighted by Gasteiger charge is -2.29. The van der Waals surface area contributed by atoms with E-state index in [1.807, 2.05) is 55.5 Å². The van der Waals surface area contributed by atoms with E-state index < -0.39 is 0 Å². The van der Waals surface area contributed by atoms with E-state index in [1.165, 1.54) is 0 Å². The Bertz CT molecular complexity index is 758. The number of hydrogen-bond donors (Lipinski definition) is 1. The van der Waals surface area contributed by atoms with Gasteiger partial charge in [0.15, 0.2) is 13.2 Å². The predicted molar refractivity (Wildman–Crippen MR) is 94.0 cm³/mol. The number of anilines is 1. The summed E-state index contributed by atoms with van der Waals surface area (Å²) >= 11 is 0. The molecule has 0 radical (unpaired) electrons. The number of para-hydroxylation sites is 2. The zero-order chi connectivity index (χ0) is 17.6. The number of benzene rings is 2. The zero-order valence-corrected chi connectivity index (χ0v) is 14.0. The number of carbonyl (C=O) groups is 2. The lowest BCUT2D eigenvalue weighted by Crippen LogP contribution is -2.44. The van der Waals surface area contributed by atoms with Gasteiger partial charge in [-0.3, -0.25) is 9.59 Å². The molecule has 130 valence electrons. The molecule has 0 saturated carbocycles. The number of nitrogens with zero attached hydrogens (tertiary/aromatic N) is 1. The quantitative estimate of drug-likeness (QED) is 0.872. The average Bonchev–Trinajstić information content (AvgIpc) is 2.63. The average molecular weight is 340 g/mol. The molecule has 0 aliphatic carbocycles. The van der Waals surface area contributed by atoms with Crippen molar-refractivity contribution < 1.29 is 19.1 Å². The third kappa shape index (κ3) is 4.29. The minimum atomic E-state index is -0.227. The second kappa shape index (κ2) is 7.70. The first-order chi connectivity index (χ1) is 12.1. The highest BCUT2D eigenvalue weighted by molar-refractivity contribution is 5.97. The minimum absolute atomic E-state index is 0.0154. The first kappa shape index (κ1) is 16.8. The minimum Gasteiger partial charge on any atom is -0.484 e. The molecule has 0 fully saturated rings. The van der Waals surface area contributed by atoms with E-state index in [4.69, 9.17) is 9.47 Å². The Labute approximate surface area is 146 Å². The molecule has 0 bridgehead atoms. The first-order valence-electron chi connectivity index (χ1n) is 8.12. The second-order valence-electron chi connectivity index (χ2n) is 5.75. The largest absolute Gasteiger partial charge is 0.484 e. The molecular formula is C19H20N2O4. The fourth-order valence-corrected chi connectivity index (χ4v) is 2.54. The number of aryl methyl sites for hydroxylation is 1. The van der Waals surface area contributed by atoms with Gasteiger partial charge >= 0.3 is 0 Å². The van der Waals surface area contributed by atoms with Crippen LogP contribution in [-0.2, 0) is 9.59 Å². The number of ether oxygens (including phenoxy) is 2. The highest BCUT2D eigenvalue weighted by Crippen LogP contribution is 2.30. The maximum absolute atomic E-state index is 12.0. The molecule has 2 amide bonds. The number of fused-ring (bicyclic) bond motifs is 1. The summed E-state index contributed by atoms with van der Waals surface area (Å²) < 4.78 is 10.8. The van der Waals surface area contributed by atoms with Crippen LogP contribution < -0.4 is 19.7 Å². The SMILES string of the molecule is Cc1ccc(OCC(=O)NCCN2C(=O)COc3ccccc32)cc1. The molecule has 1 N–H and O–H groups in total. The summed E-state index contributed by atoms with van der Waals surface area (Å²) in [5.74, 6) is 0.979. The van der Waals surface area contributed by atoms with E-state index >= 15 is 0 Å². The predicted octanol–water partition coefficient (Wildman–Crippen LogP) is 1.92. The Morgan fingerprint density at radius 2 is 1.96 bits per heavy atom. The highest BCUT2D eigenvalue weighted by Gasteiger charge is 2.24. The van der Waals surface area contributed by atoms with E-state index in [0.29, 0.717) is 24.6 Å². The van der Waals surface area contributed by atoms with Crippen LogP contribution in [0.2, 0.25) is 0 Å². The lowest BCUT2D eigenvalue weighted by molar-refractivity contribution is -0.124. The molecule has 0 spiro atoms. The molecule has 0 aromatic heterocycles. The Morgan fingerprint density at radius 3 is 2.76 bits per heavy atom. The zero-order valence-electron chi connectivity index (χ0n) is 14.0. The van der Waals surface area contributed by atoms with Crippen molar-refractivity contribution in [2.24, 2.45) is 0 Å². The highest BCUT2D eigenvalue weighted by atomic mass is 16.5. The van der Waals surface area contributed by atoms with E-state index in [0.717, 1.165) is 11.3 Å². The van der Waals surface area contributed by atoms with Crippen molar-refractivity contribution in [1.29, 1.82) is 0 Å². The van der Waals surface area contributed by atoms with E-state index in [2.05, 4.69) is 5.32 Å². The Balaban J connectivity index is 1.47. The number of carbonyl (C=O) groups excluding carboxylic acids is 2. The molecule has 6 nitrogen and oxygen atoms in total. The van der Waals surface area contributed by atoms with Gasteiger partial charge in [-0.25, -0.2) is 0 Å². The van der Waals surface area contributed by atoms with Crippen LogP contribution in [0.5, 0.6) is 11.5 Å². The fourth-order valence-electron chi connectivity index (χ4n) is 2.54. The number of nitrogens with one attached hydrogen (secondary N) is 1. The van der Waals surface area contributed by atoms with Crippen LogP contribution >= 0.6 is 0 Å². The molecule has 2 aromatic carbocycles. The van der Waals surface area contributed by atoms with Crippen molar-refractivity contribution in [3.63, 3.8) is 0 Å². The third-order valence-electron chi connectivity index (χ3n) is 3.86. The summed E-state index contributed by atoms with van der Waals surface area (Å²) in [6.45, 7) is 2.67. The first-order valence-corrected chi connectivity index (χ1v) is 8.12. The van der Waals surface area contributed by atoms with Crippen molar-refractivity contribution in [2.45, 2.75) is 6.92 Å². The molecule has 3 rings (SSSR count). The third-order valence-corrected chi connectivity index (χ3v) is 3.86. The molecule has 25 heavy (non-hydrogen) atoms. The summed E-state index contributed by atoms with van der Waals surface area (Å²) in [4.78, 5) is 25.5. The summed E-state index contributed by atoms with van der Waals surface area (Å²) in [5.41, 5.74) is 1.86. The van der Waals surface area contributed by atoms with Gasteiger partial charge in [0, 0.05) is 13.1 Å². The van der Waals surface area contributed by atoms with Gasteiger partial charge in [0.1, 0.15) is 11.5 Å². The standard InChI is InChI=1S/C19H20N2O4/c1-14-6-8-15(9-7-14)24-12-18(22)20-10-11-21-16-4-2-3-5-17(16)25-13-19(21)23/h2-9H,10-13H2,1H3,(H,20,22). The molecule has 0 saturated heterocycles. The van der Waals surface area contributed by atoms with Crippen LogP contribution in [0.25, 0.3) is 0 Å². The van der Waals surface area contributed by atoms with Gasteiger partial charge in [-0.05, 0) is 31.2 Å². The number of amides is 2. The number of rotatable bonds is 6. The van der Waals surface area contributed by atoms with Gasteiger partial charge in [0.2, 0.25) is 0 Å². The van der Waals surface area contributed by atoms with Gasteiger partial charge < -0.3 is 19.7 Å². The fraction of sp³-hybridized carbons (Fsp3) is 0.263. The monoisotopic (exact) mass is 340 g/mol. The Morgan fingerprint density at radius 1 is 1.20 bits per heavy atom. The summed E-state index contributed by atoms with van der Waals surface area (Å²) in [6.07, 6.45) is 0. The second-order valence-corrected chi connectivity index (χ2v) is 5.75. The molecule has 1 aliphatic heterocycles. The molecule has 0 atom stereocenters. The van der Waals surface area contributed by atoms with E-state index in [1.54, 1.807) is 4.90 Å². The smallest absolute Gasteiger partial charge is 0.265 e. The van der Waals surface area contributed by atoms with E-state index in [9.17, 15) is 9.59 Å². The maximum Gasteiger partial charge on any atom is 0.265 e. The van der Waals surface area contributed by atoms with Crippen molar-refractivity contribution in [2.75, 3.05) is 31.2 Å². The normalized spacial score (nSPS) is 13.0. The van der Waals surface area contributed by atoms with E-state index in [-0.39, 0.29) is 25.0 Å². The van der Waals surface area contributed by atoms with Crippen molar-refractivity contribution in [1.82, 2.24) is 5.32 Å². The number of hydrogen-bond acceptors (Lipinski definition) is 4. The van der Waals surface area contributed by atoms with Crippen LogP contribution in [0.1, 0.15) is 5.56 Å². The van der Waals surface area contributed by atoms with Gasteiger partial charge in [-0.15, -0.1) is 0 Å². The van der Waals surface area contributed by atoms with Gasteiger partial charge in [0.25, 0.3) is 11.8 Å². The van der Waals surface area contributed by atoms with Crippen LogP contribution in [0.3, 0.4) is 0 Å². The van der Waals surface area contributed by atoms with Crippen molar-refractivity contribution in [3.8, 4) is 11.5 Å². The molecule has 0 unspecified atom stereocenters. The van der Waals surface area contributed by atoms with Crippen LogP contribution in [-0.4, -0.2) is 38.1 Å². The van der Waals surface area contributed by atoms with Gasteiger partial charge in [0.05, 0.1) is 5.69 Å². The summed E-state index contributed by atoms with van der Waals surface area (Å²) in [7, 11) is 0. The molecule has 1 aliphatic rings. The van der Waals surface area contributed by atoms with Gasteiger partial charge in [-0.1, -0.05) is 29.8 Å². The van der Waals surface area contributed by atoms with Gasteiger partial charge in [-0.2, -0.15) is 0 Å². The van der Waals surface area contributed by atoms with Crippen molar-refractivity contribution in [3.05, 3.63) is 54.1 Å². The molecule has 2 aromatic rings. The molecule has 6 heteroatoms. The van der Waals surface area contributed by atoms with Crippen LogP contribution in [0.15, 0.2) is 48.5 Å². The van der Waals surface area contributed by atoms with Crippen LogP contribution in [0, 0.1) is 6.92 Å². The molecule has 1 heterocycles. The van der Waals surface area contributed by atoms with Crippen LogP contribution in [0.4, 0.5) is 5.69 Å².